The van der Waals surface area contributed by atoms with Crippen LogP contribution in [0.4, 0.5) is 0 Å². The lowest BCUT2D eigenvalue weighted by Gasteiger charge is -2.15. The van der Waals surface area contributed by atoms with Crippen LogP contribution >= 0.6 is 0 Å². The molecule has 0 aliphatic heterocycles. The monoisotopic (exact) mass is 207 g/mol. The minimum absolute atomic E-state index is 0.129. The first-order valence-electron chi connectivity index (χ1n) is 5.42. The Kier molecular flexibility index (Phi) is 4.30. The van der Waals surface area contributed by atoms with Crippen molar-refractivity contribution >= 4 is 0 Å². The maximum atomic E-state index is 9.32. The van der Waals surface area contributed by atoms with E-state index < -0.39 is 0 Å². The van der Waals surface area contributed by atoms with Crippen LogP contribution in [0.25, 0.3) is 0 Å². The molecule has 0 heterocycles. The van der Waals surface area contributed by atoms with Crippen molar-refractivity contribution in [3.05, 3.63) is 34.9 Å². The summed E-state index contributed by atoms with van der Waals surface area (Å²) < 4.78 is 0. The Morgan fingerprint density at radius 1 is 1.20 bits per heavy atom. The first kappa shape index (κ1) is 12.2. The minimum atomic E-state index is 0.129. The zero-order valence-corrected chi connectivity index (χ0v) is 10.1. The molecule has 0 aliphatic rings. The standard InChI is InChI=1S/C13H21NO/c1-10(2)11-5-6-12(8-14(3)4)13(7-11)9-15/h5-7,10,15H,8-9H2,1-4H3. The highest BCUT2D eigenvalue weighted by Gasteiger charge is 2.06. The van der Waals surface area contributed by atoms with Gasteiger partial charge >= 0.3 is 0 Å². The van der Waals surface area contributed by atoms with Gasteiger partial charge in [-0.25, -0.2) is 0 Å². The summed E-state index contributed by atoms with van der Waals surface area (Å²) in [6.07, 6.45) is 0. The number of hydrogen-bond donors (Lipinski definition) is 1. The highest BCUT2D eigenvalue weighted by molar-refractivity contribution is 5.33. The Balaban J connectivity index is 2.98. The molecule has 2 heteroatoms. The largest absolute Gasteiger partial charge is 0.392 e. The van der Waals surface area contributed by atoms with Crippen LogP contribution in [0.5, 0.6) is 0 Å². The number of benzene rings is 1. The molecule has 1 N–H and O–H groups in total. The third kappa shape index (κ3) is 3.33. The lowest BCUT2D eigenvalue weighted by molar-refractivity contribution is 0.278. The second-order valence-corrected chi connectivity index (χ2v) is 4.58. The maximum absolute atomic E-state index is 9.32. The van der Waals surface area contributed by atoms with Crippen molar-refractivity contribution in [3.63, 3.8) is 0 Å². The molecular formula is C13H21NO. The number of aliphatic hydroxyl groups excluding tert-OH is 1. The van der Waals surface area contributed by atoms with Gasteiger partial charge < -0.3 is 10.0 Å². The Morgan fingerprint density at radius 3 is 2.33 bits per heavy atom. The molecule has 0 atom stereocenters. The van der Waals surface area contributed by atoms with Gasteiger partial charge in [-0.2, -0.15) is 0 Å². The zero-order valence-electron chi connectivity index (χ0n) is 10.1. The fraction of sp³-hybridized carbons (Fsp3) is 0.538. The molecule has 0 unspecified atom stereocenters. The fourth-order valence-corrected chi connectivity index (χ4v) is 1.65. The summed E-state index contributed by atoms with van der Waals surface area (Å²) in [4.78, 5) is 2.11. The van der Waals surface area contributed by atoms with Crippen LogP contribution in [0.15, 0.2) is 18.2 Å². The van der Waals surface area contributed by atoms with E-state index in [1.54, 1.807) is 0 Å². The van der Waals surface area contributed by atoms with Crippen molar-refractivity contribution in [3.8, 4) is 0 Å². The Bertz CT molecular complexity index is 318. The first-order valence-corrected chi connectivity index (χ1v) is 5.42. The number of hydrogen-bond acceptors (Lipinski definition) is 2. The van der Waals surface area contributed by atoms with Crippen LogP contribution in [0, 0.1) is 0 Å². The van der Waals surface area contributed by atoms with Gasteiger partial charge in [0.05, 0.1) is 6.61 Å². The van der Waals surface area contributed by atoms with E-state index in [4.69, 9.17) is 0 Å². The van der Waals surface area contributed by atoms with Crippen LogP contribution in [0.1, 0.15) is 36.5 Å². The zero-order chi connectivity index (χ0) is 11.4. The van der Waals surface area contributed by atoms with Gasteiger partial charge in [-0.1, -0.05) is 32.0 Å². The minimum Gasteiger partial charge on any atom is -0.392 e. The van der Waals surface area contributed by atoms with E-state index in [2.05, 4.69) is 36.9 Å². The van der Waals surface area contributed by atoms with E-state index >= 15 is 0 Å². The molecule has 0 aromatic heterocycles. The Labute approximate surface area is 92.5 Å². The molecule has 84 valence electrons. The van der Waals surface area contributed by atoms with Crippen LogP contribution in [-0.2, 0) is 13.2 Å². The number of nitrogens with zero attached hydrogens (tertiary/aromatic N) is 1. The summed E-state index contributed by atoms with van der Waals surface area (Å²) in [5.41, 5.74) is 3.56. The summed E-state index contributed by atoms with van der Waals surface area (Å²) >= 11 is 0. The van der Waals surface area contributed by atoms with Crippen LogP contribution in [0.2, 0.25) is 0 Å². The van der Waals surface area contributed by atoms with Crippen molar-refractivity contribution in [1.82, 2.24) is 4.90 Å². The van der Waals surface area contributed by atoms with Crippen molar-refractivity contribution < 1.29 is 5.11 Å². The van der Waals surface area contributed by atoms with Crippen molar-refractivity contribution in [2.75, 3.05) is 14.1 Å². The summed E-state index contributed by atoms with van der Waals surface area (Å²) in [6, 6.07) is 6.40. The predicted molar refractivity (Wildman–Crippen MR) is 63.8 cm³/mol. The average Bonchev–Trinajstić information content (AvgIpc) is 2.17. The Morgan fingerprint density at radius 2 is 1.87 bits per heavy atom. The molecule has 2 nitrogen and oxygen atoms in total. The highest BCUT2D eigenvalue weighted by atomic mass is 16.3. The maximum Gasteiger partial charge on any atom is 0.0685 e. The van der Waals surface area contributed by atoms with Crippen LogP contribution < -0.4 is 0 Å². The van der Waals surface area contributed by atoms with Gasteiger partial charge in [0.2, 0.25) is 0 Å². The van der Waals surface area contributed by atoms with Gasteiger partial charge in [-0.15, -0.1) is 0 Å². The molecule has 0 spiro atoms. The molecule has 0 saturated heterocycles. The molecule has 0 fully saturated rings. The molecule has 0 radical (unpaired) electrons. The highest BCUT2D eigenvalue weighted by Crippen LogP contribution is 2.19. The molecule has 1 aromatic rings. The second kappa shape index (κ2) is 5.29. The fourth-order valence-electron chi connectivity index (χ4n) is 1.65. The molecule has 1 rings (SSSR count). The quantitative estimate of drug-likeness (QED) is 0.819. The molecular weight excluding hydrogens is 186 g/mol. The van der Waals surface area contributed by atoms with Gasteiger partial charge in [-0.3, -0.25) is 0 Å². The molecule has 0 saturated carbocycles. The summed E-state index contributed by atoms with van der Waals surface area (Å²) in [5, 5.41) is 9.32. The van der Waals surface area contributed by atoms with Gasteiger partial charge in [0, 0.05) is 6.54 Å². The van der Waals surface area contributed by atoms with Gasteiger partial charge in [0.1, 0.15) is 0 Å². The smallest absolute Gasteiger partial charge is 0.0685 e. The normalized spacial score (nSPS) is 11.4. The SMILES string of the molecule is CC(C)c1ccc(CN(C)C)c(CO)c1. The number of rotatable bonds is 4. The van der Waals surface area contributed by atoms with Crippen LogP contribution in [0.3, 0.4) is 0 Å². The molecule has 1 aromatic carbocycles. The molecule has 0 aliphatic carbocycles. The van der Waals surface area contributed by atoms with Crippen molar-refractivity contribution in [2.24, 2.45) is 0 Å². The molecule has 15 heavy (non-hydrogen) atoms. The van der Waals surface area contributed by atoms with Crippen LogP contribution in [-0.4, -0.2) is 24.1 Å². The predicted octanol–water partition coefficient (Wildman–Crippen LogP) is 2.36. The van der Waals surface area contributed by atoms with E-state index in [-0.39, 0.29) is 6.61 Å². The van der Waals surface area contributed by atoms with Crippen molar-refractivity contribution in [1.29, 1.82) is 0 Å². The summed E-state index contributed by atoms with van der Waals surface area (Å²) in [7, 11) is 4.08. The summed E-state index contributed by atoms with van der Waals surface area (Å²) in [5.74, 6) is 0.517. The van der Waals surface area contributed by atoms with Gasteiger partial charge in [0.25, 0.3) is 0 Å². The molecule has 0 bridgehead atoms. The first-order chi connectivity index (χ1) is 7.04. The third-order valence-electron chi connectivity index (χ3n) is 2.55. The van der Waals surface area contributed by atoms with E-state index in [9.17, 15) is 5.11 Å². The van der Waals surface area contributed by atoms with E-state index in [1.165, 1.54) is 11.1 Å². The second-order valence-electron chi connectivity index (χ2n) is 4.58. The Hall–Kier alpha value is -0.860. The van der Waals surface area contributed by atoms with Crippen molar-refractivity contribution in [2.45, 2.75) is 32.9 Å². The molecule has 0 amide bonds. The van der Waals surface area contributed by atoms with Gasteiger partial charge in [-0.05, 0) is 36.7 Å². The lowest BCUT2D eigenvalue weighted by atomic mass is 9.97. The van der Waals surface area contributed by atoms with Gasteiger partial charge in [0.15, 0.2) is 0 Å². The number of aliphatic hydroxyl groups is 1. The summed E-state index contributed by atoms with van der Waals surface area (Å²) in [6.45, 7) is 5.35. The third-order valence-corrected chi connectivity index (χ3v) is 2.55. The van der Waals surface area contributed by atoms with E-state index in [0.717, 1.165) is 12.1 Å². The van der Waals surface area contributed by atoms with E-state index in [0.29, 0.717) is 5.92 Å². The van der Waals surface area contributed by atoms with E-state index in [1.807, 2.05) is 14.1 Å². The lowest BCUT2D eigenvalue weighted by Crippen LogP contribution is -2.12. The topological polar surface area (TPSA) is 23.5 Å². The average molecular weight is 207 g/mol.